The molecule has 2 aromatic carbocycles. The zero-order valence-corrected chi connectivity index (χ0v) is 22.6. The first kappa shape index (κ1) is 25.2. The number of nitrogens with one attached hydrogen (secondary N) is 1. The first-order valence-electron chi connectivity index (χ1n) is 12.2. The van der Waals surface area contributed by atoms with E-state index >= 15 is 0 Å². The molecule has 0 bridgehead atoms. The second-order valence-electron chi connectivity index (χ2n) is 9.47. The number of carbonyl (C=O) groups is 1. The van der Waals surface area contributed by atoms with Gasteiger partial charge in [0.25, 0.3) is 5.91 Å². The number of para-hydroxylation sites is 2. The number of imidazole rings is 1. The Hall–Kier alpha value is -3.41. The number of aryl methyl sites for hydroxylation is 1. The van der Waals surface area contributed by atoms with Gasteiger partial charge in [-0.05, 0) is 74.9 Å². The Labute approximate surface area is 227 Å². The maximum absolute atomic E-state index is 13.7. The maximum Gasteiger partial charge on any atom is 0.333 e. The highest BCUT2D eigenvalue weighted by Gasteiger charge is 2.26. The van der Waals surface area contributed by atoms with Crippen molar-refractivity contribution in [2.75, 3.05) is 0 Å². The fourth-order valence-corrected chi connectivity index (χ4v) is 5.68. The second-order valence-corrected chi connectivity index (χ2v) is 10.8. The van der Waals surface area contributed by atoms with Crippen LogP contribution >= 0.6 is 27.5 Å². The van der Waals surface area contributed by atoms with Gasteiger partial charge in [-0.3, -0.25) is 18.9 Å². The lowest BCUT2D eigenvalue weighted by Crippen LogP contribution is -2.39. The molecule has 0 unspecified atom stereocenters. The molecule has 1 N–H and O–H groups in total. The van der Waals surface area contributed by atoms with E-state index < -0.39 is 0 Å². The number of pyridine rings is 1. The van der Waals surface area contributed by atoms with E-state index in [-0.39, 0.29) is 17.6 Å². The first-order chi connectivity index (χ1) is 17.9. The summed E-state index contributed by atoms with van der Waals surface area (Å²) in [5.41, 5.74) is 3.62. The molecule has 37 heavy (non-hydrogen) atoms. The van der Waals surface area contributed by atoms with Crippen molar-refractivity contribution in [3.8, 4) is 11.8 Å². The van der Waals surface area contributed by atoms with Crippen LogP contribution in [0.5, 0.6) is 0 Å². The van der Waals surface area contributed by atoms with E-state index in [1.807, 2.05) is 34.9 Å². The monoisotopic (exact) mass is 577 g/mol. The molecule has 1 amide bonds. The molecule has 1 aliphatic rings. The van der Waals surface area contributed by atoms with E-state index in [0.29, 0.717) is 40.0 Å². The third kappa shape index (κ3) is 5.07. The summed E-state index contributed by atoms with van der Waals surface area (Å²) in [5, 5.41) is 13.3. The van der Waals surface area contributed by atoms with Gasteiger partial charge in [-0.15, -0.1) is 0 Å². The van der Waals surface area contributed by atoms with Gasteiger partial charge < -0.3 is 5.32 Å². The molecule has 0 aliphatic heterocycles. The number of nitriles is 1. The lowest BCUT2D eigenvalue weighted by molar-refractivity contribution is 0.0919. The highest BCUT2D eigenvalue weighted by atomic mass is 79.9. The highest BCUT2D eigenvalue weighted by molar-refractivity contribution is 9.10. The molecule has 0 spiro atoms. The first-order valence-corrected chi connectivity index (χ1v) is 13.4. The number of aromatic nitrogens is 3. The van der Waals surface area contributed by atoms with Crippen molar-refractivity contribution in [2.45, 2.75) is 45.2 Å². The van der Waals surface area contributed by atoms with Gasteiger partial charge in [-0.2, -0.15) is 5.26 Å². The van der Waals surface area contributed by atoms with Crippen LogP contribution in [0.1, 0.15) is 47.3 Å². The number of amides is 1. The maximum atomic E-state index is 13.7. The molecule has 188 valence electrons. The number of rotatable bonds is 5. The Morgan fingerprint density at radius 3 is 2.62 bits per heavy atom. The van der Waals surface area contributed by atoms with Gasteiger partial charge in [0, 0.05) is 23.3 Å². The van der Waals surface area contributed by atoms with Crippen LogP contribution in [0.3, 0.4) is 0 Å². The van der Waals surface area contributed by atoms with Crippen LogP contribution in [0, 0.1) is 24.2 Å². The van der Waals surface area contributed by atoms with Gasteiger partial charge in [0.05, 0.1) is 38.6 Å². The topological polar surface area (TPSA) is 92.7 Å². The van der Waals surface area contributed by atoms with E-state index in [4.69, 9.17) is 11.6 Å². The van der Waals surface area contributed by atoms with Crippen molar-refractivity contribution < 1.29 is 4.79 Å². The van der Waals surface area contributed by atoms with E-state index in [2.05, 4.69) is 32.3 Å². The zero-order chi connectivity index (χ0) is 26.1. The molecule has 7 nitrogen and oxygen atoms in total. The summed E-state index contributed by atoms with van der Waals surface area (Å²) in [5.74, 6) is 0.151. The molecule has 1 saturated carbocycles. The predicted octanol–water partition coefficient (Wildman–Crippen LogP) is 5.77. The van der Waals surface area contributed by atoms with Crippen molar-refractivity contribution in [1.29, 1.82) is 5.26 Å². The quantitative estimate of drug-likeness (QED) is 0.325. The fraction of sp³-hybridized carbons (Fsp3) is 0.286. The summed E-state index contributed by atoms with van der Waals surface area (Å²) in [4.78, 5) is 30.6. The Kier molecular flexibility index (Phi) is 7.18. The summed E-state index contributed by atoms with van der Waals surface area (Å²) < 4.78 is 4.24. The van der Waals surface area contributed by atoms with E-state index in [1.165, 1.54) is 6.20 Å². The van der Waals surface area contributed by atoms with Crippen LogP contribution in [-0.4, -0.2) is 26.1 Å². The fourth-order valence-electron chi connectivity index (χ4n) is 5.16. The van der Waals surface area contributed by atoms with Crippen molar-refractivity contribution in [3.05, 3.63) is 91.5 Å². The zero-order valence-electron chi connectivity index (χ0n) is 20.2. The van der Waals surface area contributed by atoms with Gasteiger partial charge in [0.1, 0.15) is 6.07 Å². The van der Waals surface area contributed by atoms with Crippen LogP contribution in [0.2, 0.25) is 5.02 Å². The van der Waals surface area contributed by atoms with Crippen LogP contribution in [-0.2, 0) is 6.54 Å². The number of benzene rings is 2. The van der Waals surface area contributed by atoms with Crippen molar-refractivity contribution in [3.63, 3.8) is 0 Å². The molecule has 2 heterocycles. The van der Waals surface area contributed by atoms with E-state index in [9.17, 15) is 14.9 Å². The number of fused-ring (bicyclic) bond motifs is 1. The van der Waals surface area contributed by atoms with E-state index in [1.54, 1.807) is 29.7 Å². The standard InChI is InChI=1S/C28H25BrClN5O2/c1-17-23(13-21(30)15-32-17)27(36)33-22-9-6-18(7-10-22)16-34-25-4-2-3-5-26(25)35(28(34)37)24-11-8-20(29)12-19(24)14-31/h2-5,8,11-13,15,18,22H,6-7,9-10,16H2,1H3,(H,33,36). The molecular weight excluding hydrogens is 554 g/mol. The highest BCUT2D eigenvalue weighted by Crippen LogP contribution is 2.28. The Balaban J connectivity index is 1.34. The van der Waals surface area contributed by atoms with Gasteiger partial charge >= 0.3 is 5.69 Å². The third-order valence-corrected chi connectivity index (χ3v) is 7.78. The molecule has 0 saturated heterocycles. The number of halogens is 2. The lowest BCUT2D eigenvalue weighted by Gasteiger charge is -2.29. The summed E-state index contributed by atoms with van der Waals surface area (Å²) in [6, 6.07) is 17.0. The lowest BCUT2D eigenvalue weighted by atomic mass is 9.85. The molecular formula is C28H25BrClN5O2. The van der Waals surface area contributed by atoms with Crippen LogP contribution in [0.4, 0.5) is 0 Å². The van der Waals surface area contributed by atoms with Gasteiger partial charge in [0.2, 0.25) is 0 Å². The Morgan fingerprint density at radius 2 is 1.89 bits per heavy atom. The molecule has 1 fully saturated rings. The van der Waals surface area contributed by atoms with Crippen LogP contribution in [0.25, 0.3) is 16.7 Å². The van der Waals surface area contributed by atoms with Crippen molar-refractivity contribution >= 4 is 44.5 Å². The Morgan fingerprint density at radius 1 is 1.16 bits per heavy atom. The van der Waals surface area contributed by atoms with Gasteiger partial charge in [-0.1, -0.05) is 39.7 Å². The summed E-state index contributed by atoms with van der Waals surface area (Å²) in [7, 11) is 0. The minimum absolute atomic E-state index is 0.0705. The molecule has 0 atom stereocenters. The number of carbonyl (C=O) groups excluding carboxylic acids is 1. The molecule has 5 rings (SSSR count). The molecule has 2 aromatic heterocycles. The second kappa shape index (κ2) is 10.5. The predicted molar refractivity (Wildman–Crippen MR) is 147 cm³/mol. The van der Waals surface area contributed by atoms with Crippen LogP contribution in [0.15, 0.2) is 64.0 Å². The minimum atomic E-state index is -0.155. The number of hydrogen-bond acceptors (Lipinski definition) is 4. The Bertz CT molecular complexity index is 1590. The van der Waals surface area contributed by atoms with Gasteiger partial charge in [-0.25, -0.2) is 4.79 Å². The van der Waals surface area contributed by atoms with Crippen molar-refractivity contribution in [1.82, 2.24) is 19.4 Å². The molecule has 0 radical (unpaired) electrons. The minimum Gasteiger partial charge on any atom is -0.349 e. The van der Waals surface area contributed by atoms with Gasteiger partial charge in [0.15, 0.2) is 0 Å². The smallest absolute Gasteiger partial charge is 0.333 e. The molecule has 1 aliphatic carbocycles. The molecule has 9 heteroatoms. The average Bonchev–Trinajstić information content (AvgIpc) is 3.17. The normalized spacial score (nSPS) is 17.5. The van der Waals surface area contributed by atoms with Crippen LogP contribution < -0.4 is 11.0 Å². The summed E-state index contributed by atoms with van der Waals surface area (Å²) in [6.45, 7) is 2.38. The summed E-state index contributed by atoms with van der Waals surface area (Å²) >= 11 is 9.44. The van der Waals surface area contributed by atoms with E-state index in [0.717, 1.165) is 41.2 Å². The summed E-state index contributed by atoms with van der Waals surface area (Å²) in [6.07, 6.45) is 5.00. The number of hydrogen-bond donors (Lipinski definition) is 1. The SMILES string of the molecule is Cc1ncc(Cl)cc1C(=O)NC1CCC(Cn2c(=O)n(-c3ccc(Br)cc3C#N)c3ccccc32)CC1. The van der Waals surface area contributed by atoms with Crippen molar-refractivity contribution in [2.24, 2.45) is 5.92 Å². The number of nitrogens with zero attached hydrogens (tertiary/aromatic N) is 4. The molecule has 4 aromatic rings. The largest absolute Gasteiger partial charge is 0.349 e. The third-order valence-electron chi connectivity index (χ3n) is 7.08. The average molecular weight is 579 g/mol.